The van der Waals surface area contributed by atoms with Crippen molar-refractivity contribution in [1.29, 1.82) is 0 Å². The van der Waals surface area contributed by atoms with Crippen LogP contribution in [-0.4, -0.2) is 47.4 Å². The number of hydrogen-bond acceptors (Lipinski definition) is 4. The van der Waals surface area contributed by atoms with Gasteiger partial charge in [-0.05, 0) is 57.9 Å². The smallest absolute Gasteiger partial charge is 0.410 e. The molecule has 1 heterocycles. The molecule has 1 aromatic carbocycles. The zero-order valence-electron chi connectivity index (χ0n) is 15.1. The molecule has 1 atom stereocenters. The predicted octanol–water partition coefficient (Wildman–Crippen LogP) is 3.73. The van der Waals surface area contributed by atoms with Gasteiger partial charge >= 0.3 is 6.09 Å². The highest BCUT2D eigenvalue weighted by Gasteiger charge is 2.27. The number of amidine groups is 1. The molecule has 7 heteroatoms. The van der Waals surface area contributed by atoms with E-state index >= 15 is 0 Å². The molecular formula is C18H27ClN4O2. The molecule has 1 unspecified atom stereocenters. The Morgan fingerprint density at radius 3 is 2.68 bits per heavy atom. The Morgan fingerprint density at radius 2 is 2.08 bits per heavy atom. The van der Waals surface area contributed by atoms with Crippen molar-refractivity contribution in [3.63, 3.8) is 0 Å². The lowest BCUT2D eigenvalue weighted by atomic mass is 10.1. The monoisotopic (exact) mass is 366 g/mol. The zero-order valence-corrected chi connectivity index (χ0v) is 15.8. The Balaban J connectivity index is 1.93. The summed E-state index contributed by atoms with van der Waals surface area (Å²) in [6, 6.07) is 7.87. The van der Waals surface area contributed by atoms with Crippen molar-refractivity contribution in [1.82, 2.24) is 4.90 Å². The van der Waals surface area contributed by atoms with Crippen LogP contribution in [0.3, 0.4) is 0 Å². The van der Waals surface area contributed by atoms with E-state index in [1.165, 1.54) is 0 Å². The molecular weight excluding hydrogens is 340 g/mol. The number of likely N-dealkylation sites (tertiary alicyclic amines) is 1. The standard InChI is InChI=1S/C18H27ClN4O2/c1-18(2,3)25-17(24)23-10-4-5-15(12-23)21-13-6-8-14(9-7-13)22-16(20)11-19/h6-9,15,21H,4-5,10-12H2,1-3H3,(H2,20,22). The molecule has 1 fully saturated rings. The molecule has 138 valence electrons. The fourth-order valence-corrected chi connectivity index (χ4v) is 2.71. The number of piperidine rings is 1. The van der Waals surface area contributed by atoms with Crippen molar-refractivity contribution in [3.8, 4) is 0 Å². The molecule has 1 aliphatic rings. The van der Waals surface area contributed by atoms with Crippen LogP contribution in [0.5, 0.6) is 0 Å². The largest absolute Gasteiger partial charge is 0.444 e. The second-order valence-electron chi connectivity index (χ2n) is 7.19. The molecule has 0 aliphatic carbocycles. The van der Waals surface area contributed by atoms with E-state index in [9.17, 15) is 4.79 Å². The third-order valence-electron chi connectivity index (χ3n) is 3.72. The Morgan fingerprint density at radius 1 is 1.40 bits per heavy atom. The van der Waals surface area contributed by atoms with E-state index < -0.39 is 5.60 Å². The number of nitrogens with two attached hydrogens (primary N) is 1. The van der Waals surface area contributed by atoms with Gasteiger partial charge in [-0.2, -0.15) is 0 Å². The highest BCUT2D eigenvalue weighted by atomic mass is 35.5. The summed E-state index contributed by atoms with van der Waals surface area (Å²) in [5, 5.41) is 3.47. The maximum atomic E-state index is 12.2. The van der Waals surface area contributed by atoms with Crippen molar-refractivity contribution in [2.24, 2.45) is 10.7 Å². The number of hydrogen-bond donors (Lipinski definition) is 2. The minimum absolute atomic E-state index is 0.198. The lowest BCUT2D eigenvalue weighted by Gasteiger charge is -2.34. The van der Waals surface area contributed by atoms with E-state index in [0.717, 1.165) is 30.8 Å². The van der Waals surface area contributed by atoms with E-state index in [0.29, 0.717) is 12.4 Å². The van der Waals surface area contributed by atoms with Gasteiger partial charge in [0.25, 0.3) is 0 Å². The van der Waals surface area contributed by atoms with Crippen LogP contribution in [0.1, 0.15) is 33.6 Å². The third kappa shape index (κ3) is 6.46. The second-order valence-corrected chi connectivity index (χ2v) is 7.46. The van der Waals surface area contributed by atoms with Gasteiger partial charge in [0.15, 0.2) is 0 Å². The Labute approximate surface area is 154 Å². The lowest BCUT2D eigenvalue weighted by molar-refractivity contribution is 0.0206. The summed E-state index contributed by atoms with van der Waals surface area (Å²) in [7, 11) is 0. The number of anilines is 1. The van der Waals surface area contributed by atoms with Gasteiger partial charge in [0.2, 0.25) is 0 Å². The van der Waals surface area contributed by atoms with Crippen molar-refractivity contribution >= 4 is 34.9 Å². The topological polar surface area (TPSA) is 80.0 Å². The summed E-state index contributed by atoms with van der Waals surface area (Å²) in [4.78, 5) is 18.2. The summed E-state index contributed by atoms with van der Waals surface area (Å²) in [6.07, 6.45) is 1.71. The minimum Gasteiger partial charge on any atom is -0.444 e. The fraction of sp³-hybridized carbons (Fsp3) is 0.556. The molecule has 1 aliphatic heterocycles. The second kappa shape index (κ2) is 8.43. The number of ether oxygens (including phenoxy) is 1. The van der Waals surface area contributed by atoms with Gasteiger partial charge in [-0.1, -0.05) is 0 Å². The first-order chi connectivity index (χ1) is 11.8. The number of nitrogens with zero attached hydrogens (tertiary/aromatic N) is 2. The van der Waals surface area contributed by atoms with Crippen molar-refractivity contribution in [3.05, 3.63) is 24.3 Å². The molecule has 1 aromatic rings. The Bertz CT molecular complexity index is 610. The van der Waals surface area contributed by atoms with Crippen LogP contribution >= 0.6 is 11.6 Å². The molecule has 0 saturated carbocycles. The number of halogens is 1. The highest BCUT2D eigenvalue weighted by molar-refractivity contribution is 6.28. The molecule has 0 spiro atoms. The quantitative estimate of drug-likeness (QED) is 0.483. The summed E-state index contributed by atoms with van der Waals surface area (Å²) in [6.45, 7) is 7.01. The fourth-order valence-electron chi connectivity index (χ4n) is 2.65. The average molecular weight is 367 g/mol. The lowest BCUT2D eigenvalue weighted by Crippen LogP contribution is -2.46. The first-order valence-electron chi connectivity index (χ1n) is 8.50. The predicted molar refractivity (Wildman–Crippen MR) is 103 cm³/mol. The summed E-state index contributed by atoms with van der Waals surface area (Å²) in [5.41, 5.74) is 6.91. The Kier molecular flexibility index (Phi) is 6.53. The normalized spacial score (nSPS) is 18.8. The first-order valence-corrected chi connectivity index (χ1v) is 9.04. The van der Waals surface area contributed by atoms with Gasteiger partial charge in [-0.3, -0.25) is 0 Å². The minimum atomic E-state index is -0.474. The van der Waals surface area contributed by atoms with Crippen LogP contribution in [0.15, 0.2) is 29.3 Å². The molecule has 2 rings (SSSR count). The van der Waals surface area contributed by atoms with E-state index in [2.05, 4.69) is 10.3 Å². The number of nitrogens with one attached hydrogen (secondary N) is 1. The van der Waals surface area contributed by atoms with E-state index in [4.69, 9.17) is 22.1 Å². The third-order valence-corrected chi connectivity index (χ3v) is 3.99. The Hall–Kier alpha value is -1.95. The van der Waals surface area contributed by atoms with Crippen molar-refractivity contribution in [2.45, 2.75) is 45.3 Å². The van der Waals surface area contributed by atoms with Crippen LogP contribution in [0.4, 0.5) is 16.2 Å². The van der Waals surface area contributed by atoms with Crippen LogP contribution in [0.25, 0.3) is 0 Å². The van der Waals surface area contributed by atoms with Crippen LogP contribution in [0.2, 0.25) is 0 Å². The molecule has 25 heavy (non-hydrogen) atoms. The molecule has 0 radical (unpaired) electrons. The van der Waals surface area contributed by atoms with Crippen molar-refractivity contribution < 1.29 is 9.53 Å². The van der Waals surface area contributed by atoms with Gasteiger partial charge < -0.3 is 20.7 Å². The van der Waals surface area contributed by atoms with Crippen molar-refractivity contribution in [2.75, 3.05) is 24.3 Å². The van der Waals surface area contributed by atoms with E-state index in [-0.39, 0.29) is 18.0 Å². The maximum absolute atomic E-state index is 12.2. The molecule has 3 N–H and O–H groups in total. The molecule has 0 bridgehead atoms. The van der Waals surface area contributed by atoms with Gasteiger partial charge in [0, 0.05) is 24.8 Å². The van der Waals surface area contributed by atoms with E-state index in [1.54, 1.807) is 4.90 Å². The number of carbonyl (C=O) groups is 1. The van der Waals surface area contributed by atoms with E-state index in [1.807, 2.05) is 45.0 Å². The van der Waals surface area contributed by atoms with Gasteiger partial charge in [-0.15, -0.1) is 11.6 Å². The van der Waals surface area contributed by atoms with Crippen LogP contribution in [0, 0.1) is 0 Å². The first kappa shape index (κ1) is 19.4. The summed E-state index contributed by atoms with van der Waals surface area (Å²) in [5.74, 6) is 0.602. The molecule has 1 saturated heterocycles. The number of rotatable bonds is 4. The SMILES string of the molecule is CC(C)(C)OC(=O)N1CCCC(Nc2ccc(N=C(N)CCl)cc2)C1. The highest BCUT2D eigenvalue weighted by Crippen LogP contribution is 2.21. The number of alkyl halides is 1. The maximum Gasteiger partial charge on any atom is 0.410 e. The number of benzene rings is 1. The summed E-state index contributed by atoms with van der Waals surface area (Å²) < 4.78 is 5.46. The summed E-state index contributed by atoms with van der Waals surface area (Å²) >= 11 is 5.63. The van der Waals surface area contributed by atoms with Crippen LogP contribution in [-0.2, 0) is 4.74 Å². The molecule has 1 amide bonds. The van der Waals surface area contributed by atoms with Gasteiger partial charge in [0.1, 0.15) is 11.4 Å². The van der Waals surface area contributed by atoms with Gasteiger partial charge in [-0.25, -0.2) is 9.79 Å². The zero-order chi connectivity index (χ0) is 18.4. The molecule has 0 aromatic heterocycles. The number of amides is 1. The van der Waals surface area contributed by atoms with Gasteiger partial charge in [0.05, 0.1) is 11.6 Å². The number of carbonyl (C=O) groups excluding carboxylic acids is 1. The molecule has 6 nitrogen and oxygen atoms in total. The van der Waals surface area contributed by atoms with Crippen LogP contribution < -0.4 is 11.1 Å². The number of aliphatic imine (C=N–C) groups is 1. The average Bonchev–Trinajstić information content (AvgIpc) is 2.55.